The van der Waals surface area contributed by atoms with Gasteiger partial charge in [-0.1, -0.05) is 26.0 Å². The average Bonchev–Trinajstić information content (AvgIpc) is 2.55. The first-order chi connectivity index (χ1) is 11.1. The standard InChI is InChI=1S/C17H27N3O3/c1-14(2)13-23-16-6-4-3-5-15(16)19-17(21)18-7-8-20-9-11-22-12-10-20/h3-6,14H,7-13H2,1-2H3,(H2,18,19,21). The summed E-state index contributed by atoms with van der Waals surface area (Å²) in [5.74, 6) is 1.13. The number of ether oxygens (including phenoxy) is 2. The van der Waals surface area contributed by atoms with E-state index in [1.165, 1.54) is 0 Å². The Hall–Kier alpha value is -1.79. The second-order valence-corrected chi connectivity index (χ2v) is 6.04. The van der Waals surface area contributed by atoms with Crippen LogP contribution in [0.4, 0.5) is 10.5 Å². The molecule has 2 amide bonds. The third kappa shape index (κ3) is 6.46. The molecule has 6 heteroatoms. The van der Waals surface area contributed by atoms with Crippen molar-refractivity contribution in [1.29, 1.82) is 0 Å². The quantitative estimate of drug-likeness (QED) is 0.808. The number of carbonyl (C=O) groups is 1. The fourth-order valence-corrected chi connectivity index (χ4v) is 2.27. The molecule has 23 heavy (non-hydrogen) atoms. The topological polar surface area (TPSA) is 62.8 Å². The third-order valence-corrected chi connectivity index (χ3v) is 3.52. The van der Waals surface area contributed by atoms with Crippen molar-refractivity contribution >= 4 is 11.7 Å². The van der Waals surface area contributed by atoms with Crippen molar-refractivity contribution < 1.29 is 14.3 Å². The number of nitrogens with zero attached hydrogens (tertiary/aromatic N) is 1. The minimum absolute atomic E-state index is 0.209. The molecule has 0 atom stereocenters. The van der Waals surface area contributed by atoms with Gasteiger partial charge in [0, 0.05) is 26.2 Å². The molecule has 0 unspecified atom stereocenters. The number of para-hydroxylation sites is 2. The van der Waals surface area contributed by atoms with E-state index in [1.807, 2.05) is 24.3 Å². The second kappa shape index (κ2) is 9.37. The van der Waals surface area contributed by atoms with E-state index in [0.29, 0.717) is 30.5 Å². The molecule has 1 fully saturated rings. The van der Waals surface area contributed by atoms with Crippen LogP contribution in [-0.4, -0.2) is 56.9 Å². The van der Waals surface area contributed by atoms with Crippen molar-refractivity contribution in [3.63, 3.8) is 0 Å². The van der Waals surface area contributed by atoms with E-state index in [0.717, 1.165) is 32.8 Å². The summed E-state index contributed by atoms with van der Waals surface area (Å²) in [7, 11) is 0. The monoisotopic (exact) mass is 321 g/mol. The molecule has 1 aliphatic heterocycles. The fraction of sp³-hybridized carbons (Fsp3) is 0.588. The molecule has 0 radical (unpaired) electrons. The van der Waals surface area contributed by atoms with Gasteiger partial charge in [0.05, 0.1) is 25.5 Å². The van der Waals surface area contributed by atoms with Gasteiger partial charge in [0.2, 0.25) is 0 Å². The number of amides is 2. The van der Waals surface area contributed by atoms with Crippen LogP contribution in [0.5, 0.6) is 5.75 Å². The van der Waals surface area contributed by atoms with Crippen LogP contribution in [0.15, 0.2) is 24.3 Å². The van der Waals surface area contributed by atoms with E-state index in [4.69, 9.17) is 9.47 Å². The molecular weight excluding hydrogens is 294 g/mol. The first kappa shape index (κ1) is 17.6. The van der Waals surface area contributed by atoms with E-state index in [-0.39, 0.29) is 6.03 Å². The molecule has 1 aromatic rings. The molecule has 0 aliphatic carbocycles. The third-order valence-electron chi connectivity index (χ3n) is 3.52. The van der Waals surface area contributed by atoms with Crippen molar-refractivity contribution in [2.24, 2.45) is 5.92 Å². The minimum atomic E-state index is -0.209. The molecular formula is C17H27N3O3. The largest absolute Gasteiger partial charge is 0.491 e. The maximum Gasteiger partial charge on any atom is 0.319 e. The van der Waals surface area contributed by atoms with E-state index in [2.05, 4.69) is 29.4 Å². The smallest absolute Gasteiger partial charge is 0.319 e. The molecule has 0 aromatic heterocycles. The van der Waals surface area contributed by atoms with Gasteiger partial charge in [-0.2, -0.15) is 0 Å². The zero-order valence-electron chi connectivity index (χ0n) is 14.0. The number of anilines is 1. The number of hydrogen-bond acceptors (Lipinski definition) is 4. The van der Waals surface area contributed by atoms with Gasteiger partial charge < -0.3 is 20.1 Å². The summed E-state index contributed by atoms with van der Waals surface area (Å²) >= 11 is 0. The number of morpholine rings is 1. The summed E-state index contributed by atoms with van der Waals surface area (Å²) < 4.78 is 11.0. The number of carbonyl (C=O) groups excluding carboxylic acids is 1. The molecule has 0 saturated carbocycles. The predicted molar refractivity (Wildman–Crippen MR) is 91.1 cm³/mol. The molecule has 2 rings (SSSR count). The highest BCUT2D eigenvalue weighted by Gasteiger charge is 2.11. The first-order valence-corrected chi connectivity index (χ1v) is 8.22. The van der Waals surface area contributed by atoms with Crippen LogP contribution in [0.2, 0.25) is 0 Å². The molecule has 6 nitrogen and oxygen atoms in total. The number of urea groups is 1. The summed E-state index contributed by atoms with van der Waals surface area (Å²) in [6, 6.07) is 7.28. The Labute approximate surface area is 138 Å². The van der Waals surface area contributed by atoms with Crippen LogP contribution in [0, 0.1) is 5.92 Å². The molecule has 1 aromatic carbocycles. The molecule has 0 bridgehead atoms. The molecule has 0 spiro atoms. The Morgan fingerprint density at radius 2 is 2.04 bits per heavy atom. The second-order valence-electron chi connectivity index (χ2n) is 6.04. The summed E-state index contributed by atoms with van der Waals surface area (Å²) in [6.45, 7) is 9.65. The highest BCUT2D eigenvalue weighted by atomic mass is 16.5. The Kier molecular flexibility index (Phi) is 7.16. The molecule has 1 saturated heterocycles. The maximum atomic E-state index is 12.0. The van der Waals surface area contributed by atoms with Gasteiger partial charge in [0.25, 0.3) is 0 Å². The van der Waals surface area contributed by atoms with Gasteiger partial charge in [-0.15, -0.1) is 0 Å². The molecule has 2 N–H and O–H groups in total. The summed E-state index contributed by atoms with van der Waals surface area (Å²) in [4.78, 5) is 14.3. The van der Waals surface area contributed by atoms with Gasteiger partial charge in [0.1, 0.15) is 5.75 Å². The lowest BCUT2D eigenvalue weighted by Gasteiger charge is -2.26. The Morgan fingerprint density at radius 1 is 1.30 bits per heavy atom. The Bertz CT molecular complexity index is 488. The molecule has 128 valence electrons. The van der Waals surface area contributed by atoms with Gasteiger partial charge in [-0.25, -0.2) is 4.79 Å². The molecule has 1 heterocycles. The minimum Gasteiger partial charge on any atom is -0.491 e. The van der Waals surface area contributed by atoms with Crippen molar-refractivity contribution in [3.05, 3.63) is 24.3 Å². The zero-order chi connectivity index (χ0) is 16.5. The van der Waals surface area contributed by atoms with Crippen LogP contribution in [0.3, 0.4) is 0 Å². The van der Waals surface area contributed by atoms with E-state index in [1.54, 1.807) is 0 Å². The van der Waals surface area contributed by atoms with Crippen LogP contribution < -0.4 is 15.4 Å². The normalized spacial score (nSPS) is 15.4. The van der Waals surface area contributed by atoms with Crippen molar-refractivity contribution in [3.8, 4) is 5.75 Å². The van der Waals surface area contributed by atoms with Crippen LogP contribution in [0.1, 0.15) is 13.8 Å². The lowest BCUT2D eigenvalue weighted by molar-refractivity contribution is 0.0388. The van der Waals surface area contributed by atoms with Crippen molar-refractivity contribution in [2.45, 2.75) is 13.8 Å². The lowest BCUT2D eigenvalue weighted by Crippen LogP contribution is -2.42. The lowest BCUT2D eigenvalue weighted by atomic mass is 10.2. The van der Waals surface area contributed by atoms with Gasteiger partial charge in [-0.05, 0) is 18.1 Å². The van der Waals surface area contributed by atoms with Gasteiger partial charge in [0.15, 0.2) is 0 Å². The van der Waals surface area contributed by atoms with Crippen molar-refractivity contribution in [2.75, 3.05) is 51.3 Å². The SMILES string of the molecule is CC(C)COc1ccccc1NC(=O)NCCN1CCOCC1. The zero-order valence-corrected chi connectivity index (χ0v) is 14.0. The fourth-order valence-electron chi connectivity index (χ4n) is 2.27. The van der Waals surface area contributed by atoms with Gasteiger partial charge >= 0.3 is 6.03 Å². The molecule has 1 aliphatic rings. The highest BCUT2D eigenvalue weighted by molar-refractivity contribution is 5.90. The van der Waals surface area contributed by atoms with E-state index < -0.39 is 0 Å². The summed E-state index contributed by atoms with van der Waals surface area (Å²) in [6.07, 6.45) is 0. The van der Waals surface area contributed by atoms with Crippen LogP contribution in [0.25, 0.3) is 0 Å². The van der Waals surface area contributed by atoms with Crippen molar-refractivity contribution in [1.82, 2.24) is 10.2 Å². The Balaban J connectivity index is 1.75. The van der Waals surface area contributed by atoms with E-state index in [9.17, 15) is 4.79 Å². The van der Waals surface area contributed by atoms with Crippen LogP contribution >= 0.6 is 0 Å². The van der Waals surface area contributed by atoms with E-state index >= 15 is 0 Å². The average molecular weight is 321 g/mol. The highest BCUT2D eigenvalue weighted by Crippen LogP contribution is 2.24. The number of hydrogen-bond donors (Lipinski definition) is 2. The van der Waals surface area contributed by atoms with Crippen LogP contribution in [-0.2, 0) is 4.74 Å². The maximum absolute atomic E-state index is 12.0. The summed E-state index contributed by atoms with van der Waals surface area (Å²) in [5, 5.41) is 5.74. The Morgan fingerprint density at radius 3 is 2.78 bits per heavy atom. The number of nitrogens with one attached hydrogen (secondary N) is 2. The number of benzene rings is 1. The number of rotatable bonds is 7. The first-order valence-electron chi connectivity index (χ1n) is 8.22. The summed E-state index contributed by atoms with van der Waals surface area (Å²) in [5.41, 5.74) is 0.692. The van der Waals surface area contributed by atoms with Gasteiger partial charge in [-0.3, -0.25) is 4.90 Å². The predicted octanol–water partition coefficient (Wildman–Crippen LogP) is 2.18.